The first-order chi connectivity index (χ1) is 13.6. The molecule has 0 saturated heterocycles. The largest absolute Gasteiger partial charge is 0.510 e. The Morgan fingerprint density at radius 1 is 1.17 bits per heavy atom. The number of aromatic nitrogens is 2. The average Bonchev–Trinajstić information content (AvgIpc) is 3.10. The van der Waals surface area contributed by atoms with E-state index in [0.29, 0.717) is 17.0 Å². The Hall–Kier alpha value is -3.29. The zero-order valence-corrected chi connectivity index (χ0v) is 15.9. The number of aliphatic hydroxyl groups excluding tert-OH is 1. The van der Waals surface area contributed by atoms with Crippen LogP contribution in [0.25, 0.3) is 16.6 Å². The molecule has 0 bridgehead atoms. The van der Waals surface area contributed by atoms with E-state index in [-0.39, 0.29) is 24.7 Å². The van der Waals surface area contributed by atoms with Crippen LogP contribution in [0.2, 0.25) is 0 Å². The molecule has 0 saturated carbocycles. The summed E-state index contributed by atoms with van der Waals surface area (Å²) in [6.07, 6.45) is -4.43. The van der Waals surface area contributed by atoms with Crippen molar-refractivity contribution in [3.05, 3.63) is 70.7 Å². The summed E-state index contributed by atoms with van der Waals surface area (Å²) < 4.78 is 40.7. The number of amidine groups is 1. The lowest BCUT2D eigenvalue weighted by Crippen LogP contribution is -2.26. The van der Waals surface area contributed by atoms with E-state index in [1.807, 2.05) is 36.7 Å². The molecule has 0 unspecified atom stereocenters. The van der Waals surface area contributed by atoms with Gasteiger partial charge in [-0.05, 0) is 42.3 Å². The quantitative estimate of drug-likeness (QED) is 0.672. The molecule has 2 aromatic carbocycles. The molecule has 4 rings (SSSR count). The first kappa shape index (κ1) is 19.0. The fourth-order valence-electron chi connectivity index (χ4n) is 3.60. The van der Waals surface area contributed by atoms with Gasteiger partial charge < -0.3 is 14.6 Å². The van der Waals surface area contributed by atoms with Gasteiger partial charge in [-0.3, -0.25) is 5.41 Å². The number of nitrogens with zero attached hydrogens (tertiary/aromatic N) is 3. The first-order valence-corrected chi connectivity index (χ1v) is 9.00. The van der Waals surface area contributed by atoms with Crippen molar-refractivity contribution < 1.29 is 18.3 Å². The van der Waals surface area contributed by atoms with Crippen LogP contribution in [0.4, 0.5) is 13.2 Å². The lowest BCUT2D eigenvalue weighted by atomic mass is 10.1. The van der Waals surface area contributed by atoms with E-state index in [4.69, 9.17) is 5.41 Å². The van der Waals surface area contributed by atoms with Crippen LogP contribution in [-0.4, -0.2) is 31.9 Å². The molecule has 3 aromatic rings. The minimum Gasteiger partial charge on any atom is -0.510 e. The highest BCUT2D eigenvalue weighted by Crippen LogP contribution is 2.32. The van der Waals surface area contributed by atoms with Crippen molar-refractivity contribution in [2.45, 2.75) is 19.6 Å². The number of halogens is 3. The monoisotopic (exact) mass is 400 g/mol. The van der Waals surface area contributed by atoms with Crippen molar-refractivity contribution in [3.8, 4) is 0 Å². The van der Waals surface area contributed by atoms with Gasteiger partial charge in [-0.2, -0.15) is 13.2 Å². The van der Waals surface area contributed by atoms with Gasteiger partial charge >= 0.3 is 6.18 Å². The fourth-order valence-corrected chi connectivity index (χ4v) is 3.60. The van der Waals surface area contributed by atoms with Crippen LogP contribution in [0.1, 0.15) is 22.5 Å². The fraction of sp³-hybridized carbons (Fsp3) is 0.238. The average molecular weight is 400 g/mol. The number of alkyl halides is 3. The van der Waals surface area contributed by atoms with Gasteiger partial charge in [0, 0.05) is 13.6 Å². The third-order valence-electron chi connectivity index (χ3n) is 5.07. The molecule has 1 aromatic heterocycles. The maximum absolute atomic E-state index is 13.0. The Balaban J connectivity index is 1.64. The van der Waals surface area contributed by atoms with Gasteiger partial charge in [0.2, 0.25) is 0 Å². The van der Waals surface area contributed by atoms with Crippen LogP contribution in [-0.2, 0) is 19.8 Å². The molecule has 2 N–H and O–H groups in total. The Labute approximate surface area is 165 Å². The third kappa shape index (κ3) is 3.35. The zero-order chi connectivity index (χ0) is 20.9. The molecular weight excluding hydrogens is 381 g/mol. The molecule has 0 radical (unpaired) electrons. The van der Waals surface area contributed by atoms with Gasteiger partial charge in [0.1, 0.15) is 17.4 Å². The van der Waals surface area contributed by atoms with Crippen molar-refractivity contribution in [2.24, 2.45) is 7.05 Å². The minimum atomic E-state index is -4.43. The Morgan fingerprint density at radius 2 is 1.93 bits per heavy atom. The molecule has 0 spiro atoms. The Bertz CT molecular complexity index is 1160. The molecule has 2 heterocycles. The maximum atomic E-state index is 13.0. The topological polar surface area (TPSA) is 65.1 Å². The number of fused-ring (bicyclic) bond motifs is 1. The van der Waals surface area contributed by atoms with Crippen molar-refractivity contribution >= 4 is 22.4 Å². The molecule has 1 aliphatic rings. The number of aliphatic hydroxyl groups is 1. The van der Waals surface area contributed by atoms with Gasteiger partial charge in [-0.25, -0.2) is 4.98 Å². The van der Waals surface area contributed by atoms with E-state index >= 15 is 0 Å². The summed E-state index contributed by atoms with van der Waals surface area (Å²) >= 11 is 0. The Kier molecular flexibility index (Phi) is 4.37. The van der Waals surface area contributed by atoms with Crippen molar-refractivity contribution in [1.29, 1.82) is 5.41 Å². The number of hydrogen-bond acceptors (Lipinski definition) is 3. The van der Waals surface area contributed by atoms with Gasteiger partial charge in [-0.1, -0.05) is 18.2 Å². The minimum absolute atomic E-state index is 0.0166. The molecule has 0 fully saturated rings. The van der Waals surface area contributed by atoms with Crippen LogP contribution in [0, 0.1) is 12.3 Å². The smallest absolute Gasteiger partial charge is 0.416 e. The number of hydrogen-bond donors (Lipinski definition) is 2. The summed E-state index contributed by atoms with van der Waals surface area (Å²) in [6, 6.07) is 10.8. The highest BCUT2D eigenvalue weighted by molar-refractivity contribution is 6.23. The SMILES string of the molecule is Cc1ccc2c(c1)nc(C1=C(O)CN(Cc3cccc(C(F)(F)F)c3)C1=N)n2C. The lowest BCUT2D eigenvalue weighted by Gasteiger charge is -2.19. The van der Waals surface area contributed by atoms with Crippen LogP contribution in [0.15, 0.2) is 48.2 Å². The van der Waals surface area contributed by atoms with Gasteiger partial charge in [0.15, 0.2) is 0 Å². The number of rotatable bonds is 3. The third-order valence-corrected chi connectivity index (χ3v) is 5.07. The van der Waals surface area contributed by atoms with Gasteiger partial charge in [0.25, 0.3) is 0 Å². The highest BCUT2D eigenvalue weighted by Gasteiger charge is 2.33. The molecule has 0 amide bonds. The number of nitrogens with one attached hydrogen (secondary N) is 1. The summed E-state index contributed by atoms with van der Waals surface area (Å²) in [4.78, 5) is 6.11. The van der Waals surface area contributed by atoms with E-state index in [1.54, 1.807) is 6.07 Å². The molecule has 150 valence electrons. The lowest BCUT2D eigenvalue weighted by molar-refractivity contribution is -0.137. The van der Waals surface area contributed by atoms with Crippen LogP contribution >= 0.6 is 0 Å². The maximum Gasteiger partial charge on any atom is 0.416 e. The number of imidazole rings is 1. The Morgan fingerprint density at radius 3 is 2.66 bits per heavy atom. The van der Waals surface area contributed by atoms with Gasteiger partial charge in [-0.15, -0.1) is 0 Å². The van der Waals surface area contributed by atoms with Crippen LogP contribution in [0.3, 0.4) is 0 Å². The summed E-state index contributed by atoms with van der Waals surface area (Å²) in [6.45, 7) is 2.09. The van der Waals surface area contributed by atoms with E-state index < -0.39 is 11.7 Å². The molecule has 8 heteroatoms. The highest BCUT2D eigenvalue weighted by atomic mass is 19.4. The summed E-state index contributed by atoms with van der Waals surface area (Å²) in [5, 5.41) is 19.0. The normalized spacial score (nSPS) is 15.1. The van der Waals surface area contributed by atoms with E-state index in [2.05, 4.69) is 4.98 Å². The van der Waals surface area contributed by atoms with Crippen molar-refractivity contribution in [2.75, 3.05) is 6.54 Å². The molecule has 29 heavy (non-hydrogen) atoms. The molecule has 0 aliphatic carbocycles. The molecular formula is C21H19F3N4O. The molecule has 1 aliphatic heterocycles. The van der Waals surface area contributed by atoms with Gasteiger partial charge in [0.05, 0.1) is 28.7 Å². The second-order valence-corrected chi connectivity index (χ2v) is 7.21. The predicted octanol–water partition coefficient (Wildman–Crippen LogP) is 4.66. The standard InChI is InChI=1S/C21H19F3N4O/c1-12-6-7-16-15(8-12)26-20(27(16)2)18-17(29)11-28(19(18)25)10-13-4-3-5-14(9-13)21(22,23)24/h3-9,25,29H,10-11H2,1-2H3. The summed E-state index contributed by atoms with van der Waals surface area (Å²) in [7, 11) is 1.81. The zero-order valence-electron chi connectivity index (χ0n) is 15.9. The number of benzene rings is 2. The summed E-state index contributed by atoms with van der Waals surface area (Å²) in [5.74, 6) is 0.479. The van der Waals surface area contributed by atoms with E-state index in [9.17, 15) is 18.3 Å². The summed E-state index contributed by atoms with van der Waals surface area (Å²) in [5.41, 5.74) is 2.66. The van der Waals surface area contributed by atoms with Crippen LogP contribution in [0.5, 0.6) is 0 Å². The number of aryl methyl sites for hydroxylation is 2. The van der Waals surface area contributed by atoms with Crippen molar-refractivity contribution in [1.82, 2.24) is 14.5 Å². The first-order valence-electron chi connectivity index (χ1n) is 9.00. The second-order valence-electron chi connectivity index (χ2n) is 7.21. The van der Waals surface area contributed by atoms with E-state index in [0.717, 1.165) is 28.7 Å². The van der Waals surface area contributed by atoms with Crippen LogP contribution < -0.4 is 0 Å². The molecule has 5 nitrogen and oxygen atoms in total. The van der Waals surface area contributed by atoms with E-state index in [1.165, 1.54) is 11.0 Å². The predicted molar refractivity (Wildman–Crippen MR) is 105 cm³/mol. The molecule has 0 atom stereocenters. The second kappa shape index (κ2) is 6.65. The van der Waals surface area contributed by atoms with Crippen molar-refractivity contribution in [3.63, 3.8) is 0 Å².